The van der Waals surface area contributed by atoms with Gasteiger partial charge in [0, 0.05) is 18.7 Å². The minimum Gasteiger partial charge on any atom is -0.367 e. The lowest BCUT2D eigenvalue weighted by atomic mass is 10.1. The zero-order valence-electron chi connectivity index (χ0n) is 11.9. The minimum absolute atomic E-state index is 0.165. The third-order valence-corrected chi connectivity index (χ3v) is 2.88. The van der Waals surface area contributed by atoms with Gasteiger partial charge in [0.1, 0.15) is 5.82 Å². The van der Waals surface area contributed by atoms with E-state index in [1.165, 1.54) is 0 Å². The van der Waals surface area contributed by atoms with E-state index in [-0.39, 0.29) is 5.91 Å². The number of rotatable bonds is 6. The summed E-state index contributed by atoms with van der Waals surface area (Å²) in [7, 11) is 0. The fourth-order valence-electron chi connectivity index (χ4n) is 1.73. The molecule has 0 radical (unpaired) electrons. The minimum atomic E-state index is -0.491. The maximum atomic E-state index is 11.3. The molecule has 2 aromatic rings. The Bertz CT molecular complexity index is 568. The van der Waals surface area contributed by atoms with Crippen LogP contribution in [0.2, 0.25) is 0 Å². The van der Waals surface area contributed by atoms with E-state index < -0.39 is 6.04 Å². The fourth-order valence-corrected chi connectivity index (χ4v) is 1.73. The van der Waals surface area contributed by atoms with E-state index in [9.17, 15) is 4.79 Å². The van der Waals surface area contributed by atoms with Crippen molar-refractivity contribution in [3.63, 3.8) is 0 Å². The van der Waals surface area contributed by atoms with Gasteiger partial charge in [0.05, 0.1) is 11.7 Å². The molecule has 0 saturated carbocycles. The molecular weight excluding hydrogens is 266 g/mol. The Labute approximate surface area is 123 Å². The maximum absolute atomic E-state index is 11.3. The molecule has 4 N–H and O–H groups in total. The fraction of sp³-hybridized carbons (Fsp3) is 0.267. The molecule has 110 valence electrons. The van der Waals surface area contributed by atoms with Crippen molar-refractivity contribution in [2.45, 2.75) is 13.0 Å². The molecule has 0 aliphatic carbocycles. The SMILES string of the molecule is C[C@@H](N)C(=O)NCCNc1ccc(-c2ccccc2)nn1. The molecule has 1 atom stereocenters. The summed E-state index contributed by atoms with van der Waals surface area (Å²) >= 11 is 0. The van der Waals surface area contributed by atoms with Gasteiger partial charge in [-0.05, 0) is 19.1 Å². The largest absolute Gasteiger partial charge is 0.367 e. The summed E-state index contributed by atoms with van der Waals surface area (Å²) in [6.45, 7) is 2.71. The third kappa shape index (κ3) is 4.54. The van der Waals surface area contributed by atoms with Gasteiger partial charge in [-0.15, -0.1) is 10.2 Å². The van der Waals surface area contributed by atoms with Crippen LogP contribution in [-0.2, 0) is 4.79 Å². The lowest BCUT2D eigenvalue weighted by Gasteiger charge is -2.09. The van der Waals surface area contributed by atoms with Crippen LogP contribution in [-0.4, -0.2) is 35.2 Å². The van der Waals surface area contributed by atoms with Crippen molar-refractivity contribution in [2.75, 3.05) is 18.4 Å². The van der Waals surface area contributed by atoms with Gasteiger partial charge >= 0.3 is 0 Å². The number of anilines is 1. The maximum Gasteiger partial charge on any atom is 0.236 e. The van der Waals surface area contributed by atoms with Crippen LogP contribution < -0.4 is 16.4 Å². The summed E-state index contributed by atoms with van der Waals surface area (Å²) in [5, 5.41) is 14.1. The van der Waals surface area contributed by atoms with Crippen LogP contribution in [0.4, 0.5) is 5.82 Å². The molecule has 0 unspecified atom stereocenters. The van der Waals surface area contributed by atoms with Crippen molar-refractivity contribution in [2.24, 2.45) is 5.73 Å². The van der Waals surface area contributed by atoms with Crippen LogP contribution in [0.1, 0.15) is 6.92 Å². The van der Waals surface area contributed by atoms with Crippen molar-refractivity contribution < 1.29 is 4.79 Å². The Kier molecular flexibility index (Phi) is 5.22. The summed E-state index contributed by atoms with van der Waals surface area (Å²) in [5.74, 6) is 0.507. The number of amides is 1. The molecule has 1 aromatic heterocycles. The van der Waals surface area contributed by atoms with Crippen LogP contribution in [0.25, 0.3) is 11.3 Å². The number of hydrogen-bond donors (Lipinski definition) is 3. The molecule has 0 saturated heterocycles. The predicted molar refractivity (Wildman–Crippen MR) is 82.6 cm³/mol. The average molecular weight is 285 g/mol. The van der Waals surface area contributed by atoms with E-state index >= 15 is 0 Å². The molecule has 0 spiro atoms. The third-order valence-electron chi connectivity index (χ3n) is 2.88. The second kappa shape index (κ2) is 7.35. The number of nitrogens with two attached hydrogens (primary N) is 1. The quantitative estimate of drug-likeness (QED) is 0.689. The monoisotopic (exact) mass is 285 g/mol. The zero-order valence-corrected chi connectivity index (χ0v) is 11.9. The Morgan fingerprint density at radius 2 is 1.90 bits per heavy atom. The smallest absolute Gasteiger partial charge is 0.236 e. The first-order valence-electron chi connectivity index (χ1n) is 6.83. The lowest BCUT2D eigenvalue weighted by Crippen LogP contribution is -2.40. The summed E-state index contributed by atoms with van der Waals surface area (Å²) in [6.07, 6.45) is 0. The van der Waals surface area contributed by atoms with Gasteiger partial charge in [0.2, 0.25) is 5.91 Å². The van der Waals surface area contributed by atoms with Gasteiger partial charge in [-0.2, -0.15) is 0 Å². The average Bonchev–Trinajstić information content (AvgIpc) is 2.52. The molecular formula is C15H19N5O. The highest BCUT2D eigenvalue weighted by Gasteiger charge is 2.05. The summed E-state index contributed by atoms with van der Waals surface area (Å²) in [4.78, 5) is 11.3. The van der Waals surface area contributed by atoms with E-state index in [0.717, 1.165) is 11.3 Å². The summed E-state index contributed by atoms with van der Waals surface area (Å²) in [5.41, 5.74) is 7.30. The van der Waals surface area contributed by atoms with E-state index in [0.29, 0.717) is 18.9 Å². The van der Waals surface area contributed by atoms with E-state index in [2.05, 4.69) is 20.8 Å². The first kappa shape index (κ1) is 14.9. The molecule has 0 aliphatic heterocycles. The molecule has 6 nitrogen and oxygen atoms in total. The molecule has 21 heavy (non-hydrogen) atoms. The van der Waals surface area contributed by atoms with Gasteiger partial charge < -0.3 is 16.4 Å². The second-order valence-electron chi connectivity index (χ2n) is 4.68. The normalized spacial score (nSPS) is 11.7. The number of nitrogens with one attached hydrogen (secondary N) is 2. The van der Waals surface area contributed by atoms with Crippen LogP contribution >= 0.6 is 0 Å². The van der Waals surface area contributed by atoms with Gasteiger partial charge in [-0.25, -0.2) is 0 Å². The zero-order chi connectivity index (χ0) is 15.1. The summed E-state index contributed by atoms with van der Waals surface area (Å²) < 4.78 is 0. The van der Waals surface area contributed by atoms with Crippen LogP contribution in [0, 0.1) is 0 Å². The van der Waals surface area contributed by atoms with Gasteiger partial charge in [0.15, 0.2) is 0 Å². The van der Waals surface area contributed by atoms with Gasteiger partial charge in [0.25, 0.3) is 0 Å². The van der Waals surface area contributed by atoms with Crippen LogP contribution in [0.15, 0.2) is 42.5 Å². The standard InChI is InChI=1S/C15H19N5O/c1-11(16)15(21)18-10-9-17-14-8-7-13(19-20-14)12-5-3-2-4-6-12/h2-8,11H,9-10,16H2,1H3,(H,17,20)(H,18,21)/t11-/m1/s1. The number of carbonyl (C=O) groups is 1. The van der Waals surface area contributed by atoms with Gasteiger partial charge in [-0.1, -0.05) is 30.3 Å². The van der Waals surface area contributed by atoms with E-state index in [4.69, 9.17) is 5.73 Å². The number of benzene rings is 1. The molecule has 0 fully saturated rings. The highest BCUT2D eigenvalue weighted by Crippen LogP contribution is 2.15. The van der Waals surface area contributed by atoms with Crippen molar-refractivity contribution in [3.05, 3.63) is 42.5 Å². The molecule has 1 amide bonds. The van der Waals surface area contributed by atoms with Crippen LogP contribution in [0.3, 0.4) is 0 Å². The number of hydrogen-bond acceptors (Lipinski definition) is 5. The van der Waals surface area contributed by atoms with Crippen LogP contribution in [0.5, 0.6) is 0 Å². The first-order chi connectivity index (χ1) is 10.2. The van der Waals surface area contributed by atoms with Crippen molar-refractivity contribution >= 4 is 11.7 Å². The topological polar surface area (TPSA) is 92.9 Å². The number of aromatic nitrogens is 2. The highest BCUT2D eigenvalue weighted by molar-refractivity contribution is 5.80. The van der Waals surface area contributed by atoms with E-state index in [1.54, 1.807) is 6.92 Å². The Balaban J connectivity index is 1.82. The molecule has 0 bridgehead atoms. The van der Waals surface area contributed by atoms with Gasteiger partial charge in [-0.3, -0.25) is 4.79 Å². The van der Waals surface area contributed by atoms with Crippen molar-refractivity contribution in [1.82, 2.24) is 15.5 Å². The number of nitrogens with zero attached hydrogens (tertiary/aromatic N) is 2. The molecule has 2 rings (SSSR count). The second-order valence-corrected chi connectivity index (χ2v) is 4.68. The first-order valence-corrected chi connectivity index (χ1v) is 6.83. The summed E-state index contributed by atoms with van der Waals surface area (Å²) in [6, 6.07) is 13.1. The van der Waals surface area contributed by atoms with E-state index in [1.807, 2.05) is 42.5 Å². The molecule has 1 aromatic carbocycles. The molecule has 6 heteroatoms. The Morgan fingerprint density at radius 1 is 1.14 bits per heavy atom. The molecule has 0 aliphatic rings. The number of carbonyl (C=O) groups excluding carboxylic acids is 1. The van der Waals surface area contributed by atoms with Crippen molar-refractivity contribution in [1.29, 1.82) is 0 Å². The Morgan fingerprint density at radius 3 is 2.52 bits per heavy atom. The predicted octanol–water partition coefficient (Wildman–Crippen LogP) is 1.02. The van der Waals surface area contributed by atoms with Crippen molar-refractivity contribution in [3.8, 4) is 11.3 Å². The lowest BCUT2D eigenvalue weighted by molar-refractivity contribution is -0.121. The molecule has 1 heterocycles. The highest BCUT2D eigenvalue weighted by atomic mass is 16.2. The Hall–Kier alpha value is -2.47.